The van der Waals surface area contributed by atoms with Gasteiger partial charge in [-0.3, -0.25) is 0 Å². The molecule has 3 rings (SSSR count). The van der Waals surface area contributed by atoms with Crippen LogP contribution in [0.15, 0.2) is 4.52 Å². The summed E-state index contributed by atoms with van der Waals surface area (Å²) >= 11 is 0. The van der Waals surface area contributed by atoms with Crippen molar-refractivity contribution < 1.29 is 9.26 Å². The zero-order chi connectivity index (χ0) is 12.4. The third-order valence-electron chi connectivity index (χ3n) is 3.75. The monoisotopic (exact) mass is 251 g/mol. The van der Waals surface area contributed by atoms with E-state index >= 15 is 0 Å². The Morgan fingerprint density at radius 2 is 2.28 bits per heavy atom. The quantitative estimate of drug-likeness (QED) is 0.836. The number of hydrogen-bond acceptors (Lipinski definition) is 5. The largest absolute Gasteiger partial charge is 0.370 e. The van der Waals surface area contributed by atoms with E-state index in [4.69, 9.17) is 9.26 Å². The molecule has 0 bridgehead atoms. The van der Waals surface area contributed by atoms with Crippen molar-refractivity contribution in [2.75, 3.05) is 13.2 Å². The van der Waals surface area contributed by atoms with Gasteiger partial charge in [-0.15, -0.1) is 0 Å². The molecule has 18 heavy (non-hydrogen) atoms. The molecule has 2 fully saturated rings. The van der Waals surface area contributed by atoms with Gasteiger partial charge in [0.25, 0.3) is 0 Å². The van der Waals surface area contributed by atoms with Gasteiger partial charge in [-0.05, 0) is 38.1 Å². The fourth-order valence-corrected chi connectivity index (χ4v) is 2.62. The average molecular weight is 251 g/mol. The molecule has 1 saturated carbocycles. The number of hydrogen-bond donors (Lipinski definition) is 1. The first kappa shape index (κ1) is 12.1. The zero-order valence-corrected chi connectivity index (χ0v) is 10.9. The van der Waals surface area contributed by atoms with Crippen LogP contribution in [0, 0.1) is 5.92 Å². The summed E-state index contributed by atoms with van der Waals surface area (Å²) in [6.07, 6.45) is 5.66. The molecule has 0 amide bonds. The van der Waals surface area contributed by atoms with Crippen LogP contribution in [0.2, 0.25) is 0 Å². The molecule has 100 valence electrons. The van der Waals surface area contributed by atoms with Crippen LogP contribution >= 0.6 is 0 Å². The van der Waals surface area contributed by atoms with E-state index in [1.165, 1.54) is 12.8 Å². The maximum Gasteiger partial charge on any atom is 0.228 e. The van der Waals surface area contributed by atoms with E-state index < -0.39 is 0 Å². The van der Waals surface area contributed by atoms with Crippen LogP contribution in [0.25, 0.3) is 0 Å². The summed E-state index contributed by atoms with van der Waals surface area (Å²) in [5.41, 5.74) is 0. The van der Waals surface area contributed by atoms with Gasteiger partial charge >= 0.3 is 0 Å². The van der Waals surface area contributed by atoms with Gasteiger partial charge in [-0.2, -0.15) is 4.98 Å². The third-order valence-corrected chi connectivity index (χ3v) is 3.75. The van der Waals surface area contributed by atoms with Crippen molar-refractivity contribution in [2.24, 2.45) is 5.92 Å². The van der Waals surface area contributed by atoms with Crippen LogP contribution in [0.3, 0.4) is 0 Å². The highest BCUT2D eigenvalue weighted by Gasteiger charge is 2.32. The van der Waals surface area contributed by atoms with Crippen molar-refractivity contribution in [3.05, 3.63) is 11.7 Å². The summed E-state index contributed by atoms with van der Waals surface area (Å²) in [5.74, 6) is 2.27. The van der Waals surface area contributed by atoms with E-state index in [0.29, 0.717) is 6.04 Å². The minimum Gasteiger partial charge on any atom is -0.370 e. The summed E-state index contributed by atoms with van der Waals surface area (Å²) in [4.78, 5) is 4.48. The smallest absolute Gasteiger partial charge is 0.228 e. The first-order chi connectivity index (χ1) is 8.86. The molecule has 2 heterocycles. The molecule has 0 radical (unpaired) electrons. The Labute approximate surface area is 107 Å². The van der Waals surface area contributed by atoms with Gasteiger partial charge in [0.2, 0.25) is 11.7 Å². The molecule has 1 aromatic heterocycles. The second kappa shape index (κ2) is 5.36. The molecule has 1 aliphatic heterocycles. The lowest BCUT2D eigenvalue weighted by Crippen LogP contribution is -2.33. The third kappa shape index (κ3) is 2.72. The summed E-state index contributed by atoms with van der Waals surface area (Å²) in [6, 6.07) is 0.493. The highest BCUT2D eigenvalue weighted by atomic mass is 16.5. The normalized spacial score (nSPS) is 25.5. The molecule has 1 N–H and O–H groups in total. The van der Waals surface area contributed by atoms with Crippen LogP contribution in [0.1, 0.15) is 50.4 Å². The number of likely N-dealkylation sites (N-methyl/N-ethyl adjacent to an activating group) is 1. The Bertz CT molecular complexity index is 383. The summed E-state index contributed by atoms with van der Waals surface area (Å²) in [6.45, 7) is 3.95. The first-order valence-electron chi connectivity index (χ1n) is 7.04. The topological polar surface area (TPSA) is 60.2 Å². The van der Waals surface area contributed by atoms with Gasteiger partial charge < -0.3 is 14.6 Å². The standard InChI is InChI=1S/C13H21N3O2/c1-2-14-10(9-5-6-9)8-12-15-13(16-18-12)11-4-3-7-17-11/h9-11,14H,2-8H2,1H3. The van der Waals surface area contributed by atoms with Gasteiger partial charge in [-0.25, -0.2) is 0 Å². The molecular formula is C13H21N3O2. The molecule has 2 aliphatic rings. The Kier molecular flexibility index (Phi) is 3.61. The lowest BCUT2D eigenvalue weighted by atomic mass is 10.1. The van der Waals surface area contributed by atoms with Crippen molar-refractivity contribution in [3.8, 4) is 0 Å². The number of rotatable bonds is 6. The summed E-state index contributed by atoms with van der Waals surface area (Å²) < 4.78 is 10.9. The zero-order valence-electron chi connectivity index (χ0n) is 10.9. The Balaban J connectivity index is 1.61. The molecule has 5 nitrogen and oxygen atoms in total. The predicted octanol–water partition coefficient (Wildman–Crippen LogP) is 1.85. The molecule has 2 atom stereocenters. The van der Waals surface area contributed by atoms with Crippen LogP contribution in [-0.4, -0.2) is 29.3 Å². The maximum absolute atomic E-state index is 5.56. The molecular weight excluding hydrogens is 230 g/mol. The van der Waals surface area contributed by atoms with Gasteiger partial charge in [0.1, 0.15) is 6.10 Å². The van der Waals surface area contributed by atoms with Gasteiger partial charge in [0, 0.05) is 19.1 Å². The van der Waals surface area contributed by atoms with Crippen molar-refractivity contribution >= 4 is 0 Å². The van der Waals surface area contributed by atoms with Crippen molar-refractivity contribution in [1.82, 2.24) is 15.5 Å². The van der Waals surface area contributed by atoms with Crippen LogP contribution in [-0.2, 0) is 11.2 Å². The average Bonchev–Trinajstić information content (AvgIpc) is 2.90. The van der Waals surface area contributed by atoms with Crippen molar-refractivity contribution in [1.29, 1.82) is 0 Å². The second-order valence-electron chi connectivity index (χ2n) is 5.25. The number of nitrogens with one attached hydrogen (secondary N) is 1. The number of aromatic nitrogens is 2. The van der Waals surface area contributed by atoms with E-state index in [0.717, 1.165) is 50.0 Å². The minimum absolute atomic E-state index is 0.0565. The van der Waals surface area contributed by atoms with Crippen molar-refractivity contribution in [2.45, 2.75) is 51.2 Å². The lowest BCUT2D eigenvalue weighted by molar-refractivity contribution is 0.103. The molecule has 0 spiro atoms. The SMILES string of the molecule is CCNC(Cc1nc(C2CCCO2)no1)C1CC1. The fourth-order valence-electron chi connectivity index (χ4n) is 2.62. The van der Waals surface area contributed by atoms with E-state index in [2.05, 4.69) is 22.4 Å². The highest BCUT2D eigenvalue weighted by Crippen LogP contribution is 2.34. The van der Waals surface area contributed by atoms with E-state index in [9.17, 15) is 0 Å². The number of ether oxygens (including phenoxy) is 1. The van der Waals surface area contributed by atoms with E-state index in [1.54, 1.807) is 0 Å². The molecule has 2 unspecified atom stereocenters. The minimum atomic E-state index is 0.0565. The maximum atomic E-state index is 5.56. The fraction of sp³-hybridized carbons (Fsp3) is 0.846. The predicted molar refractivity (Wildman–Crippen MR) is 66.1 cm³/mol. The lowest BCUT2D eigenvalue weighted by Gasteiger charge is -2.14. The molecule has 0 aromatic carbocycles. The molecule has 1 saturated heterocycles. The highest BCUT2D eigenvalue weighted by molar-refractivity contribution is 4.97. The number of nitrogens with zero attached hydrogens (tertiary/aromatic N) is 2. The summed E-state index contributed by atoms with van der Waals surface area (Å²) in [5, 5.41) is 7.57. The molecule has 5 heteroatoms. The first-order valence-corrected chi connectivity index (χ1v) is 7.04. The Hall–Kier alpha value is -0.940. The Morgan fingerprint density at radius 1 is 1.39 bits per heavy atom. The summed E-state index contributed by atoms with van der Waals surface area (Å²) in [7, 11) is 0. The van der Waals surface area contributed by atoms with Gasteiger partial charge in [0.15, 0.2) is 0 Å². The molecule has 1 aromatic rings. The molecule has 1 aliphatic carbocycles. The Morgan fingerprint density at radius 3 is 2.94 bits per heavy atom. The van der Waals surface area contributed by atoms with E-state index in [-0.39, 0.29) is 6.10 Å². The van der Waals surface area contributed by atoms with Gasteiger partial charge in [-0.1, -0.05) is 12.1 Å². The van der Waals surface area contributed by atoms with E-state index in [1.807, 2.05) is 0 Å². The van der Waals surface area contributed by atoms with Gasteiger partial charge in [0.05, 0.1) is 0 Å². The van der Waals surface area contributed by atoms with Crippen LogP contribution in [0.5, 0.6) is 0 Å². The van der Waals surface area contributed by atoms with Crippen molar-refractivity contribution in [3.63, 3.8) is 0 Å². The second-order valence-corrected chi connectivity index (χ2v) is 5.25. The van der Waals surface area contributed by atoms with Crippen LogP contribution < -0.4 is 5.32 Å². The van der Waals surface area contributed by atoms with Crippen LogP contribution in [0.4, 0.5) is 0 Å².